The first-order chi connectivity index (χ1) is 23.7. The predicted octanol–water partition coefficient (Wildman–Crippen LogP) is 2.81. The van der Waals surface area contributed by atoms with Crippen molar-refractivity contribution in [1.29, 1.82) is 0 Å². The maximum atomic E-state index is 13.1. The van der Waals surface area contributed by atoms with Crippen LogP contribution >= 0.6 is 19.9 Å². The third kappa shape index (κ3) is 12.0. The number of ether oxygens (including phenoxy) is 2. The summed E-state index contributed by atoms with van der Waals surface area (Å²) < 4.78 is 9.96. The number of thiol groups is 1. The second kappa shape index (κ2) is 21.0. The molecule has 0 saturated heterocycles. The van der Waals surface area contributed by atoms with E-state index in [0.717, 1.165) is 12.6 Å². The van der Waals surface area contributed by atoms with Crippen molar-refractivity contribution in [3.8, 4) is 0 Å². The van der Waals surface area contributed by atoms with E-state index in [1.807, 2.05) is 18.2 Å². The van der Waals surface area contributed by atoms with Crippen molar-refractivity contribution in [3.63, 3.8) is 0 Å². The fourth-order valence-corrected chi connectivity index (χ4v) is 11.0. The molecule has 0 bridgehead atoms. The van der Waals surface area contributed by atoms with Crippen LogP contribution < -0.4 is 31.9 Å². The molecule has 49 heavy (non-hydrogen) atoms. The Hall–Kier alpha value is -4.21. The van der Waals surface area contributed by atoms with Gasteiger partial charge in [0.25, 0.3) is 0 Å². The number of nitrogens with one attached hydrogen (secondary N) is 3. The van der Waals surface area contributed by atoms with Crippen LogP contribution in [0.25, 0.3) is 0 Å². The number of rotatable bonds is 20. The molecule has 3 rings (SSSR count). The quantitative estimate of drug-likeness (QED) is 0.0613. The summed E-state index contributed by atoms with van der Waals surface area (Å²) in [6.07, 6.45) is 2.30. The number of amides is 3. The minimum atomic E-state index is -2.43. The number of hydrogen-bond donors (Lipinski definition) is 4. The van der Waals surface area contributed by atoms with E-state index >= 15 is 0 Å². The molecule has 10 nitrogen and oxygen atoms in total. The van der Waals surface area contributed by atoms with Crippen LogP contribution in [0, 0.1) is 0 Å². The third-order valence-corrected chi connectivity index (χ3v) is 13.5. The van der Waals surface area contributed by atoms with Crippen LogP contribution in [0.4, 0.5) is 0 Å². The van der Waals surface area contributed by atoms with E-state index in [0.29, 0.717) is 6.42 Å². The van der Waals surface area contributed by atoms with Gasteiger partial charge in [-0.15, -0.1) is 0 Å². The molecule has 3 aromatic carbocycles. The molecule has 0 saturated carbocycles. The first-order valence-electron chi connectivity index (χ1n) is 16.7. The molecule has 3 aromatic rings. The Bertz CT molecular complexity index is 1400. The molecule has 0 fully saturated rings. The summed E-state index contributed by atoms with van der Waals surface area (Å²) in [6.45, 7) is 3.28. The van der Waals surface area contributed by atoms with Crippen LogP contribution in [-0.2, 0) is 33.4 Å². The van der Waals surface area contributed by atoms with E-state index in [4.69, 9.17) is 9.47 Å². The second-order valence-electron chi connectivity index (χ2n) is 11.4. The molecule has 0 aliphatic carbocycles. The summed E-state index contributed by atoms with van der Waals surface area (Å²) in [6, 6.07) is 29.7. The minimum absolute atomic E-state index is 0.0125. The van der Waals surface area contributed by atoms with Crippen LogP contribution in [0.3, 0.4) is 0 Å². The summed E-state index contributed by atoms with van der Waals surface area (Å²) in [5, 5.41) is 11.6. The Morgan fingerprint density at radius 3 is 1.65 bits per heavy atom. The Kier molecular flexibility index (Phi) is 16.8. The Morgan fingerprint density at radius 1 is 0.673 bits per heavy atom. The van der Waals surface area contributed by atoms with Gasteiger partial charge < -0.3 is 10.1 Å². The number of carbonyl (C=O) groups is 5. The van der Waals surface area contributed by atoms with Gasteiger partial charge in [0, 0.05) is 5.75 Å². The van der Waals surface area contributed by atoms with Crippen molar-refractivity contribution in [1.82, 2.24) is 16.0 Å². The van der Waals surface area contributed by atoms with Gasteiger partial charge in [0.2, 0.25) is 5.91 Å². The normalized spacial score (nSPS) is 12.6. The van der Waals surface area contributed by atoms with Crippen molar-refractivity contribution < 1.29 is 33.4 Å². The van der Waals surface area contributed by atoms with Gasteiger partial charge in [-0.1, -0.05) is 0 Å². The number of carbonyl (C=O) groups excluding carboxylic acids is 5. The molecular formula is C37H48N3O7PS. The van der Waals surface area contributed by atoms with Crippen molar-refractivity contribution in [2.24, 2.45) is 0 Å². The van der Waals surface area contributed by atoms with Crippen LogP contribution in [0.5, 0.6) is 0 Å². The Labute approximate surface area is 294 Å². The maximum absolute atomic E-state index is 13.1. The van der Waals surface area contributed by atoms with Crippen molar-refractivity contribution in [3.05, 3.63) is 91.0 Å². The third-order valence-electron chi connectivity index (χ3n) is 8.12. The zero-order valence-electron chi connectivity index (χ0n) is 28.2. The predicted molar refractivity (Wildman–Crippen MR) is 198 cm³/mol. The fraction of sp³-hybridized carbons (Fsp3) is 0.378. The molecule has 12 heteroatoms. The SMILES string of the molecule is CCOC(=O)CNC(=O)[C@@H](CS)NC(=O)CC[C@@H](NC(=O)CCCC[PH](c1ccccc1)(c1ccccc1)c1ccccc1)C(=O)OCC. The van der Waals surface area contributed by atoms with Crippen LogP contribution in [0.1, 0.15) is 46.0 Å². The van der Waals surface area contributed by atoms with E-state index in [2.05, 4.69) is 101 Å². The van der Waals surface area contributed by atoms with Crippen molar-refractivity contribution >= 4 is 65.5 Å². The van der Waals surface area contributed by atoms with Gasteiger partial charge in [0.15, 0.2) is 0 Å². The summed E-state index contributed by atoms with van der Waals surface area (Å²) in [5.41, 5.74) is 0. The summed E-state index contributed by atoms with van der Waals surface area (Å²) in [5.74, 6) is -2.66. The van der Waals surface area contributed by atoms with Crippen LogP contribution in [0.2, 0.25) is 0 Å². The average Bonchev–Trinajstić information content (AvgIpc) is 3.12. The summed E-state index contributed by atoms with van der Waals surface area (Å²) in [4.78, 5) is 62.5. The van der Waals surface area contributed by atoms with E-state index in [-0.39, 0.29) is 50.7 Å². The monoisotopic (exact) mass is 709 g/mol. The Morgan fingerprint density at radius 2 is 1.16 bits per heavy atom. The molecule has 2 atom stereocenters. The van der Waals surface area contributed by atoms with Gasteiger partial charge in [0.1, 0.15) is 6.54 Å². The van der Waals surface area contributed by atoms with Crippen LogP contribution in [0.15, 0.2) is 91.0 Å². The van der Waals surface area contributed by atoms with Gasteiger partial charge in [-0.3, -0.25) is 9.59 Å². The fourth-order valence-electron chi connectivity index (χ4n) is 5.77. The standard InChI is InChI=1S/C37H48N3O7PS/c1-3-46-35(43)26-38-36(44)32(27-49)40-34(42)24-23-31(37(45)47-4-2)39-33(41)22-14-15-25-48(28-16-8-5-9-17-28,29-18-10-6-11-19-29)30-20-12-7-13-21-30/h5-13,16-21,31-32,48-49H,3-4,14-15,22-27H2,1-2H3,(H,38,44)(H,39,41)(H,40,42)/t31-,32-/m1/s1. The molecule has 264 valence electrons. The molecule has 0 unspecified atom stereocenters. The number of hydrogen-bond acceptors (Lipinski definition) is 8. The van der Waals surface area contributed by atoms with E-state index < -0.39 is 43.1 Å². The van der Waals surface area contributed by atoms with Gasteiger partial charge in [0.05, 0.1) is 6.61 Å². The van der Waals surface area contributed by atoms with Crippen LogP contribution in [-0.4, -0.2) is 73.4 Å². The molecule has 0 aliphatic heterocycles. The van der Waals surface area contributed by atoms with E-state index in [1.165, 1.54) is 15.9 Å². The zero-order chi connectivity index (χ0) is 35.5. The number of unbranched alkanes of at least 4 members (excludes halogenated alkanes) is 1. The average molecular weight is 710 g/mol. The topological polar surface area (TPSA) is 140 Å². The van der Waals surface area contributed by atoms with Gasteiger partial charge in [-0.2, -0.15) is 12.6 Å². The van der Waals surface area contributed by atoms with Gasteiger partial charge in [-0.25, -0.2) is 0 Å². The molecule has 0 aromatic heterocycles. The molecule has 0 aliphatic rings. The molecule has 3 amide bonds. The summed E-state index contributed by atoms with van der Waals surface area (Å²) in [7, 11) is -2.43. The van der Waals surface area contributed by atoms with Crippen molar-refractivity contribution in [2.75, 3.05) is 31.7 Å². The molecule has 0 radical (unpaired) electrons. The molecule has 0 heterocycles. The molecular weight excluding hydrogens is 661 g/mol. The first-order valence-corrected chi connectivity index (χ1v) is 19.5. The van der Waals surface area contributed by atoms with E-state index in [9.17, 15) is 24.0 Å². The molecule has 0 spiro atoms. The zero-order valence-corrected chi connectivity index (χ0v) is 30.1. The van der Waals surface area contributed by atoms with E-state index in [1.54, 1.807) is 13.8 Å². The first kappa shape index (κ1) is 39.2. The molecule has 3 N–H and O–H groups in total. The van der Waals surface area contributed by atoms with Gasteiger partial charge >= 0.3 is 232 Å². The van der Waals surface area contributed by atoms with Gasteiger partial charge in [-0.05, 0) is 6.92 Å². The summed E-state index contributed by atoms with van der Waals surface area (Å²) >= 11 is 4.13. The number of esters is 2. The van der Waals surface area contributed by atoms with Crippen molar-refractivity contribution in [2.45, 2.75) is 58.0 Å². The Balaban J connectivity index is 1.62. The number of benzene rings is 3. The second-order valence-corrected chi connectivity index (χ2v) is 15.9.